The molecule has 0 saturated carbocycles. The molecule has 5 rings (SSSR count). The maximum atomic E-state index is 13.0. The summed E-state index contributed by atoms with van der Waals surface area (Å²) in [6, 6.07) is 7.91. The Bertz CT molecular complexity index is 1070. The van der Waals surface area contributed by atoms with Crippen molar-refractivity contribution >= 4 is 21.2 Å². The summed E-state index contributed by atoms with van der Waals surface area (Å²) in [4.78, 5) is 2.77. The molecule has 0 aliphatic carbocycles. The lowest BCUT2D eigenvalue weighted by molar-refractivity contribution is 0.325. The highest BCUT2D eigenvalue weighted by Crippen LogP contribution is 2.46. The largest absolute Gasteiger partial charge is 0.297 e. The average Bonchev–Trinajstić information content (AvgIpc) is 3.37. The molecule has 4 heterocycles. The molecule has 2 aliphatic rings. The minimum atomic E-state index is -3.25. The van der Waals surface area contributed by atoms with Crippen LogP contribution in [0.1, 0.15) is 17.0 Å². The molecule has 0 spiro atoms. The van der Waals surface area contributed by atoms with Gasteiger partial charge in [0.15, 0.2) is 9.84 Å². The quantitative estimate of drug-likeness (QED) is 0.696. The molecule has 2 aliphatic heterocycles. The highest BCUT2D eigenvalue weighted by atomic mass is 32.2. The van der Waals surface area contributed by atoms with E-state index in [4.69, 9.17) is 0 Å². The Hall–Kier alpha value is -1.96. The second-order valence-corrected chi connectivity index (χ2v) is 10.1. The summed E-state index contributed by atoms with van der Waals surface area (Å²) >= 11 is 1.66. The number of hydrogen-bond donors (Lipinski definition) is 0. The van der Waals surface area contributed by atoms with E-state index in [2.05, 4.69) is 27.5 Å². The zero-order valence-electron chi connectivity index (χ0n) is 14.4. The molecular weight excluding hydrogens is 366 g/mol. The smallest absolute Gasteiger partial charge is 0.183 e. The summed E-state index contributed by atoms with van der Waals surface area (Å²) < 4.78 is 27.8. The molecule has 0 bridgehead atoms. The van der Waals surface area contributed by atoms with Gasteiger partial charge in [0.1, 0.15) is 0 Å². The van der Waals surface area contributed by atoms with Crippen LogP contribution < -0.4 is 0 Å². The molecule has 2 unspecified atom stereocenters. The summed E-state index contributed by atoms with van der Waals surface area (Å²) in [6.07, 6.45) is 3.84. The molecular formula is C19H19N3O2S2. The maximum absolute atomic E-state index is 13.0. The van der Waals surface area contributed by atoms with Gasteiger partial charge in [-0.25, -0.2) is 8.42 Å². The van der Waals surface area contributed by atoms with Gasteiger partial charge in [-0.3, -0.25) is 9.58 Å². The van der Waals surface area contributed by atoms with Crippen molar-refractivity contribution in [2.45, 2.75) is 22.6 Å². The molecule has 2 aromatic heterocycles. The molecule has 5 nitrogen and oxygen atoms in total. The van der Waals surface area contributed by atoms with Crippen molar-refractivity contribution in [2.75, 3.05) is 13.1 Å². The normalized spacial score (nSPS) is 23.9. The standard InChI is InChI=1S/C19H19N3O2S2/c1-21-8-13(7-20-21)9-22-10-17-16-6-14(15-4-5-25-12-15)2-3-18(16)26(23,24)19(17)11-22/h2-8,12,17,19H,9-11H2,1H3. The van der Waals surface area contributed by atoms with E-state index in [1.165, 1.54) is 0 Å². The highest BCUT2D eigenvalue weighted by molar-refractivity contribution is 7.92. The summed E-state index contributed by atoms with van der Waals surface area (Å²) in [5, 5.41) is 8.03. The fourth-order valence-corrected chi connectivity index (χ4v) is 7.13. The minimum Gasteiger partial charge on any atom is -0.297 e. The Kier molecular flexibility index (Phi) is 3.60. The lowest BCUT2D eigenvalue weighted by atomic mass is 9.95. The van der Waals surface area contributed by atoms with Crippen LogP contribution in [-0.4, -0.2) is 41.4 Å². The van der Waals surface area contributed by atoms with Crippen LogP contribution in [0.5, 0.6) is 0 Å². The van der Waals surface area contributed by atoms with Gasteiger partial charge in [-0.05, 0) is 45.6 Å². The molecule has 134 valence electrons. The number of thiophene rings is 1. The van der Waals surface area contributed by atoms with Gasteiger partial charge < -0.3 is 0 Å². The molecule has 1 saturated heterocycles. The minimum absolute atomic E-state index is 0.0604. The second kappa shape index (κ2) is 5.77. The van der Waals surface area contributed by atoms with Crippen LogP contribution in [0, 0.1) is 0 Å². The summed E-state index contributed by atoms with van der Waals surface area (Å²) in [6.45, 7) is 2.11. The molecule has 1 fully saturated rings. The predicted molar refractivity (Wildman–Crippen MR) is 102 cm³/mol. The zero-order chi connectivity index (χ0) is 17.9. The van der Waals surface area contributed by atoms with Crippen molar-refractivity contribution in [3.8, 4) is 11.1 Å². The molecule has 0 radical (unpaired) electrons. The van der Waals surface area contributed by atoms with Crippen molar-refractivity contribution < 1.29 is 8.42 Å². The van der Waals surface area contributed by atoms with Crippen LogP contribution in [0.25, 0.3) is 11.1 Å². The highest BCUT2D eigenvalue weighted by Gasteiger charge is 2.50. The number of fused-ring (bicyclic) bond motifs is 3. The van der Waals surface area contributed by atoms with Crippen molar-refractivity contribution in [1.82, 2.24) is 14.7 Å². The van der Waals surface area contributed by atoms with Crippen molar-refractivity contribution in [2.24, 2.45) is 7.05 Å². The molecule has 2 atom stereocenters. The molecule has 3 aromatic rings. The summed E-state index contributed by atoms with van der Waals surface area (Å²) in [5.74, 6) is 0.0604. The third-order valence-corrected chi connectivity index (χ3v) is 8.42. The average molecular weight is 386 g/mol. The van der Waals surface area contributed by atoms with Crippen molar-refractivity contribution in [3.63, 3.8) is 0 Å². The second-order valence-electron chi connectivity index (χ2n) is 7.17. The van der Waals surface area contributed by atoms with Gasteiger partial charge >= 0.3 is 0 Å². The number of nitrogens with zero attached hydrogens (tertiary/aromatic N) is 3. The van der Waals surface area contributed by atoms with Gasteiger partial charge in [-0.15, -0.1) is 0 Å². The Morgan fingerprint density at radius 3 is 2.85 bits per heavy atom. The van der Waals surface area contributed by atoms with E-state index in [1.807, 2.05) is 30.9 Å². The summed E-state index contributed by atoms with van der Waals surface area (Å²) in [5.41, 5.74) is 4.37. The molecule has 26 heavy (non-hydrogen) atoms. The molecule has 0 amide bonds. The number of aryl methyl sites for hydroxylation is 1. The van der Waals surface area contributed by atoms with Gasteiger partial charge in [-0.2, -0.15) is 16.4 Å². The van der Waals surface area contributed by atoms with Crippen LogP contribution >= 0.6 is 11.3 Å². The SMILES string of the molecule is Cn1cc(CN2CC3c4cc(-c5ccsc5)ccc4S(=O)(=O)C3C2)cn1. The maximum Gasteiger partial charge on any atom is 0.183 e. The Balaban J connectivity index is 1.48. The Morgan fingerprint density at radius 2 is 2.12 bits per heavy atom. The van der Waals surface area contributed by atoms with Gasteiger partial charge in [-0.1, -0.05) is 6.07 Å². The first-order valence-corrected chi connectivity index (χ1v) is 11.1. The topological polar surface area (TPSA) is 55.2 Å². The number of sulfone groups is 1. The first-order valence-electron chi connectivity index (χ1n) is 8.62. The van der Waals surface area contributed by atoms with E-state index in [0.29, 0.717) is 11.4 Å². The first kappa shape index (κ1) is 16.2. The van der Waals surface area contributed by atoms with E-state index < -0.39 is 9.84 Å². The Labute approximate surface area is 156 Å². The number of rotatable bonds is 3. The monoisotopic (exact) mass is 385 g/mol. The van der Waals surface area contributed by atoms with E-state index in [-0.39, 0.29) is 11.2 Å². The van der Waals surface area contributed by atoms with E-state index in [1.54, 1.807) is 22.1 Å². The van der Waals surface area contributed by atoms with Gasteiger partial charge in [0.25, 0.3) is 0 Å². The summed E-state index contributed by atoms with van der Waals surface area (Å²) in [7, 11) is -1.35. The Morgan fingerprint density at radius 1 is 1.23 bits per heavy atom. The first-order chi connectivity index (χ1) is 12.5. The molecule has 7 heteroatoms. The van der Waals surface area contributed by atoms with E-state index in [9.17, 15) is 8.42 Å². The van der Waals surface area contributed by atoms with Crippen LogP contribution in [-0.2, 0) is 23.4 Å². The van der Waals surface area contributed by atoms with Crippen LogP contribution in [0.3, 0.4) is 0 Å². The fourth-order valence-electron chi connectivity index (χ4n) is 4.27. The lowest BCUT2D eigenvalue weighted by Crippen LogP contribution is -2.25. The van der Waals surface area contributed by atoms with Gasteiger partial charge in [0.2, 0.25) is 0 Å². The van der Waals surface area contributed by atoms with Gasteiger partial charge in [0.05, 0.1) is 16.3 Å². The van der Waals surface area contributed by atoms with Gasteiger partial charge in [0, 0.05) is 44.4 Å². The van der Waals surface area contributed by atoms with Crippen LogP contribution in [0.4, 0.5) is 0 Å². The zero-order valence-corrected chi connectivity index (χ0v) is 16.0. The third kappa shape index (κ3) is 2.46. The number of likely N-dealkylation sites (tertiary alicyclic amines) is 1. The lowest BCUT2D eigenvalue weighted by Gasteiger charge is -2.16. The number of aromatic nitrogens is 2. The predicted octanol–water partition coefficient (Wildman–Crippen LogP) is 2.90. The third-order valence-electron chi connectivity index (χ3n) is 5.48. The number of benzene rings is 1. The fraction of sp³-hybridized carbons (Fsp3) is 0.316. The van der Waals surface area contributed by atoms with Crippen molar-refractivity contribution in [3.05, 3.63) is 58.5 Å². The van der Waals surface area contributed by atoms with E-state index in [0.717, 1.165) is 35.3 Å². The van der Waals surface area contributed by atoms with Crippen LogP contribution in [0.2, 0.25) is 0 Å². The van der Waals surface area contributed by atoms with E-state index >= 15 is 0 Å². The molecule has 1 aromatic carbocycles. The van der Waals surface area contributed by atoms with Crippen molar-refractivity contribution in [1.29, 1.82) is 0 Å². The van der Waals surface area contributed by atoms with Crippen LogP contribution in [0.15, 0.2) is 52.3 Å². The molecule has 0 N–H and O–H groups in total. The number of hydrogen-bond acceptors (Lipinski definition) is 5.